The van der Waals surface area contributed by atoms with Crippen LogP contribution in [0.2, 0.25) is 0 Å². The van der Waals surface area contributed by atoms with Gasteiger partial charge in [0.05, 0.1) is 23.3 Å². The molecule has 4 nitrogen and oxygen atoms in total. The average molecular weight is 402 g/mol. The van der Waals surface area contributed by atoms with Gasteiger partial charge in [0.2, 0.25) is 5.91 Å². The van der Waals surface area contributed by atoms with Crippen LogP contribution in [0.3, 0.4) is 0 Å². The quantitative estimate of drug-likeness (QED) is 0.423. The molecular formula is C24H23N3OS. The predicted molar refractivity (Wildman–Crippen MR) is 120 cm³/mol. The Morgan fingerprint density at radius 1 is 0.931 bits per heavy atom. The molecule has 0 atom stereocenters. The number of hydrogen-bond donors (Lipinski definition) is 1. The fraction of sp³-hybridized carbons (Fsp3) is 0.167. The van der Waals surface area contributed by atoms with Crippen molar-refractivity contribution in [2.24, 2.45) is 0 Å². The third kappa shape index (κ3) is 4.69. The van der Waals surface area contributed by atoms with Crippen molar-refractivity contribution >= 4 is 34.4 Å². The lowest BCUT2D eigenvalue weighted by molar-refractivity contribution is -0.113. The first kappa shape index (κ1) is 19.3. The maximum absolute atomic E-state index is 12.5. The number of rotatable bonds is 7. The molecule has 4 rings (SSSR count). The molecule has 1 amide bonds. The Hall–Kier alpha value is -3.05. The number of thioether (sulfide) groups is 1. The monoisotopic (exact) mass is 401 g/mol. The number of para-hydroxylation sites is 2. The van der Waals surface area contributed by atoms with E-state index in [1.54, 1.807) is 0 Å². The molecular weight excluding hydrogens is 378 g/mol. The summed E-state index contributed by atoms with van der Waals surface area (Å²) in [6.07, 6.45) is 0.988. The number of nitrogens with zero attached hydrogens (tertiary/aromatic N) is 2. The molecule has 1 heterocycles. The van der Waals surface area contributed by atoms with Gasteiger partial charge in [0, 0.05) is 5.69 Å². The number of carbonyl (C=O) groups is 1. The van der Waals surface area contributed by atoms with Crippen molar-refractivity contribution in [1.82, 2.24) is 9.55 Å². The molecule has 0 bridgehead atoms. The number of imidazole rings is 1. The molecule has 0 fully saturated rings. The molecule has 1 N–H and O–H groups in total. The molecule has 4 aromatic rings. The van der Waals surface area contributed by atoms with Crippen LogP contribution in [-0.2, 0) is 17.8 Å². The first-order chi connectivity index (χ1) is 14.2. The Kier molecular flexibility index (Phi) is 5.96. The summed E-state index contributed by atoms with van der Waals surface area (Å²) in [6, 6.07) is 26.4. The number of hydrogen-bond acceptors (Lipinski definition) is 3. The fourth-order valence-corrected chi connectivity index (χ4v) is 4.05. The Morgan fingerprint density at radius 3 is 2.41 bits per heavy atom. The van der Waals surface area contributed by atoms with Gasteiger partial charge in [-0.3, -0.25) is 4.79 Å². The zero-order chi connectivity index (χ0) is 20.1. The minimum atomic E-state index is -0.0300. The minimum Gasteiger partial charge on any atom is -0.325 e. The summed E-state index contributed by atoms with van der Waals surface area (Å²) in [6.45, 7) is 2.84. The zero-order valence-electron chi connectivity index (χ0n) is 16.3. The Bertz CT molecular complexity index is 1100. The van der Waals surface area contributed by atoms with E-state index in [-0.39, 0.29) is 5.91 Å². The van der Waals surface area contributed by atoms with Crippen molar-refractivity contribution in [3.05, 3.63) is 90.0 Å². The Labute approximate surface area is 175 Å². The second-order valence-corrected chi connectivity index (χ2v) is 7.78. The van der Waals surface area contributed by atoms with Crippen LogP contribution >= 0.6 is 11.8 Å². The van der Waals surface area contributed by atoms with Gasteiger partial charge in [-0.05, 0) is 41.8 Å². The van der Waals surface area contributed by atoms with Crippen molar-refractivity contribution in [3.8, 4) is 0 Å². The maximum Gasteiger partial charge on any atom is 0.234 e. The summed E-state index contributed by atoms with van der Waals surface area (Å²) < 4.78 is 2.18. The third-order valence-corrected chi connectivity index (χ3v) is 5.76. The first-order valence-electron chi connectivity index (χ1n) is 9.73. The highest BCUT2D eigenvalue weighted by molar-refractivity contribution is 7.99. The summed E-state index contributed by atoms with van der Waals surface area (Å²) in [7, 11) is 0. The molecule has 0 unspecified atom stereocenters. The third-order valence-electron chi connectivity index (χ3n) is 4.78. The number of benzene rings is 3. The van der Waals surface area contributed by atoms with Crippen LogP contribution in [0.1, 0.15) is 18.1 Å². The van der Waals surface area contributed by atoms with Crippen LogP contribution in [0.25, 0.3) is 11.0 Å². The summed E-state index contributed by atoms with van der Waals surface area (Å²) in [4.78, 5) is 17.2. The van der Waals surface area contributed by atoms with Crippen LogP contribution in [0.15, 0.2) is 84.0 Å². The van der Waals surface area contributed by atoms with E-state index in [4.69, 9.17) is 4.98 Å². The van der Waals surface area contributed by atoms with Gasteiger partial charge >= 0.3 is 0 Å². The highest BCUT2D eigenvalue weighted by Crippen LogP contribution is 2.25. The van der Waals surface area contributed by atoms with Gasteiger partial charge in [0.25, 0.3) is 0 Å². The minimum absolute atomic E-state index is 0.0300. The number of nitrogens with one attached hydrogen (secondary N) is 1. The van der Waals surface area contributed by atoms with E-state index >= 15 is 0 Å². The lowest BCUT2D eigenvalue weighted by Gasteiger charge is -2.10. The van der Waals surface area contributed by atoms with Crippen LogP contribution < -0.4 is 5.32 Å². The van der Waals surface area contributed by atoms with Gasteiger partial charge < -0.3 is 9.88 Å². The molecule has 5 heteroatoms. The van der Waals surface area contributed by atoms with Crippen molar-refractivity contribution in [1.29, 1.82) is 0 Å². The molecule has 0 saturated heterocycles. The van der Waals surface area contributed by atoms with Gasteiger partial charge in [-0.25, -0.2) is 4.98 Å². The van der Waals surface area contributed by atoms with E-state index in [1.807, 2.05) is 60.7 Å². The summed E-state index contributed by atoms with van der Waals surface area (Å²) in [5, 5.41) is 3.82. The topological polar surface area (TPSA) is 46.9 Å². The summed E-state index contributed by atoms with van der Waals surface area (Å²) in [5.74, 6) is 0.283. The van der Waals surface area contributed by atoms with E-state index in [0.29, 0.717) is 5.75 Å². The molecule has 0 aliphatic heterocycles. The standard InChI is InChI=1S/C24H23N3OS/c1-2-18-12-14-20(15-13-18)25-23(28)17-29-24-26-21-10-6-7-11-22(21)27(24)16-19-8-4-3-5-9-19/h3-15H,2,16-17H2,1H3,(H,25,28). The molecule has 0 radical (unpaired) electrons. The molecule has 0 saturated carbocycles. The van der Waals surface area contributed by atoms with E-state index in [0.717, 1.165) is 34.8 Å². The first-order valence-corrected chi connectivity index (χ1v) is 10.7. The van der Waals surface area contributed by atoms with Crippen LogP contribution in [0.5, 0.6) is 0 Å². The van der Waals surface area contributed by atoms with Gasteiger partial charge in [0.15, 0.2) is 5.16 Å². The predicted octanol–water partition coefficient (Wildman–Crippen LogP) is 5.38. The largest absolute Gasteiger partial charge is 0.325 e. The molecule has 1 aromatic heterocycles. The van der Waals surface area contributed by atoms with Crippen molar-refractivity contribution in [2.75, 3.05) is 11.1 Å². The van der Waals surface area contributed by atoms with E-state index in [2.05, 4.69) is 35.0 Å². The van der Waals surface area contributed by atoms with Gasteiger partial charge in [-0.2, -0.15) is 0 Å². The number of carbonyl (C=O) groups excluding carboxylic acids is 1. The normalized spacial score (nSPS) is 10.9. The lowest BCUT2D eigenvalue weighted by atomic mass is 10.1. The zero-order valence-corrected chi connectivity index (χ0v) is 17.2. The van der Waals surface area contributed by atoms with E-state index in [1.165, 1.54) is 22.9 Å². The number of anilines is 1. The molecule has 29 heavy (non-hydrogen) atoms. The fourth-order valence-electron chi connectivity index (χ4n) is 3.23. The van der Waals surface area contributed by atoms with Crippen LogP contribution in [0.4, 0.5) is 5.69 Å². The lowest BCUT2D eigenvalue weighted by Crippen LogP contribution is -2.14. The molecule has 0 spiro atoms. The number of aryl methyl sites for hydroxylation is 1. The molecule has 0 aliphatic rings. The van der Waals surface area contributed by atoms with E-state index < -0.39 is 0 Å². The molecule has 0 aliphatic carbocycles. The van der Waals surface area contributed by atoms with Gasteiger partial charge in [-0.1, -0.05) is 73.3 Å². The van der Waals surface area contributed by atoms with Gasteiger partial charge in [-0.15, -0.1) is 0 Å². The highest BCUT2D eigenvalue weighted by atomic mass is 32.2. The number of fused-ring (bicyclic) bond motifs is 1. The number of aromatic nitrogens is 2. The molecule has 146 valence electrons. The SMILES string of the molecule is CCc1ccc(NC(=O)CSc2nc3ccccc3n2Cc2ccccc2)cc1. The maximum atomic E-state index is 12.5. The smallest absolute Gasteiger partial charge is 0.234 e. The Morgan fingerprint density at radius 2 is 1.66 bits per heavy atom. The van der Waals surface area contributed by atoms with Crippen molar-refractivity contribution in [3.63, 3.8) is 0 Å². The number of amides is 1. The highest BCUT2D eigenvalue weighted by Gasteiger charge is 2.13. The van der Waals surface area contributed by atoms with E-state index in [9.17, 15) is 4.79 Å². The van der Waals surface area contributed by atoms with Crippen LogP contribution in [-0.4, -0.2) is 21.2 Å². The van der Waals surface area contributed by atoms with Crippen LogP contribution in [0, 0.1) is 0 Å². The average Bonchev–Trinajstić information content (AvgIpc) is 3.11. The summed E-state index contributed by atoms with van der Waals surface area (Å²) in [5.41, 5.74) is 5.31. The van der Waals surface area contributed by atoms with Crippen molar-refractivity contribution < 1.29 is 4.79 Å². The van der Waals surface area contributed by atoms with Gasteiger partial charge in [0.1, 0.15) is 0 Å². The molecule has 3 aromatic carbocycles. The second-order valence-electron chi connectivity index (χ2n) is 6.84. The summed E-state index contributed by atoms with van der Waals surface area (Å²) >= 11 is 1.47. The van der Waals surface area contributed by atoms with Crippen molar-refractivity contribution in [2.45, 2.75) is 25.0 Å². The Balaban J connectivity index is 1.49. The second kappa shape index (κ2) is 8.97.